The van der Waals surface area contributed by atoms with Gasteiger partial charge >= 0.3 is 6.09 Å². The predicted molar refractivity (Wildman–Crippen MR) is 118 cm³/mol. The fraction of sp³-hybridized carbons (Fsp3) is 0.160. The second-order valence-corrected chi connectivity index (χ2v) is 7.83. The van der Waals surface area contributed by atoms with Gasteiger partial charge in [-0.2, -0.15) is 0 Å². The zero-order chi connectivity index (χ0) is 21.4. The first kappa shape index (κ1) is 19.1. The van der Waals surface area contributed by atoms with E-state index in [9.17, 15) is 9.90 Å². The standard InChI is InChI=1S/C25H21N3O3/c1-17-6-5-7-19(16-17)22-21(18-10-14-26-15-11-18)23(31-27-22)28(24(29)30)25(12-13-25)20-8-3-2-4-9-20/h2-11,14-16H,12-13H2,1H3,(H,29,30). The first-order chi connectivity index (χ1) is 15.1. The molecule has 0 aliphatic heterocycles. The molecule has 4 aromatic rings. The number of amides is 1. The number of benzene rings is 2. The molecule has 1 fully saturated rings. The Labute approximate surface area is 179 Å². The Morgan fingerprint density at radius 3 is 2.39 bits per heavy atom. The molecule has 1 aliphatic rings. The van der Waals surface area contributed by atoms with Crippen molar-refractivity contribution in [3.05, 3.63) is 90.3 Å². The fourth-order valence-electron chi connectivity index (χ4n) is 4.17. The number of aryl methyl sites for hydroxylation is 1. The second kappa shape index (κ2) is 7.40. The number of pyridine rings is 1. The average molecular weight is 411 g/mol. The Bertz CT molecular complexity index is 1230. The molecule has 31 heavy (non-hydrogen) atoms. The zero-order valence-corrected chi connectivity index (χ0v) is 17.0. The Morgan fingerprint density at radius 2 is 1.74 bits per heavy atom. The van der Waals surface area contributed by atoms with Crippen LogP contribution in [0.5, 0.6) is 0 Å². The van der Waals surface area contributed by atoms with Crippen molar-refractivity contribution in [2.45, 2.75) is 25.3 Å². The Balaban J connectivity index is 1.73. The van der Waals surface area contributed by atoms with Gasteiger partial charge in [-0.1, -0.05) is 59.3 Å². The third-order valence-corrected chi connectivity index (χ3v) is 5.79. The molecule has 6 nitrogen and oxygen atoms in total. The van der Waals surface area contributed by atoms with Crippen LogP contribution in [0, 0.1) is 6.92 Å². The molecular formula is C25H21N3O3. The van der Waals surface area contributed by atoms with Gasteiger partial charge in [0, 0.05) is 18.0 Å². The van der Waals surface area contributed by atoms with Crippen LogP contribution in [0.4, 0.5) is 10.7 Å². The van der Waals surface area contributed by atoms with Crippen LogP contribution in [0.15, 0.2) is 83.6 Å². The van der Waals surface area contributed by atoms with Crippen molar-refractivity contribution in [3.8, 4) is 22.4 Å². The molecule has 2 aromatic carbocycles. The number of carbonyl (C=O) groups is 1. The quantitative estimate of drug-likeness (QED) is 0.443. The molecule has 6 heteroatoms. The highest BCUT2D eigenvalue weighted by Gasteiger charge is 2.54. The van der Waals surface area contributed by atoms with Crippen LogP contribution in [-0.4, -0.2) is 21.3 Å². The number of hydrogen-bond acceptors (Lipinski definition) is 4. The molecule has 1 saturated carbocycles. The predicted octanol–water partition coefficient (Wildman–Crippen LogP) is 5.89. The van der Waals surface area contributed by atoms with Crippen molar-refractivity contribution in [2.24, 2.45) is 0 Å². The van der Waals surface area contributed by atoms with E-state index in [2.05, 4.69) is 10.1 Å². The van der Waals surface area contributed by atoms with Crippen molar-refractivity contribution in [1.29, 1.82) is 0 Å². The van der Waals surface area contributed by atoms with Crippen LogP contribution in [0.1, 0.15) is 24.0 Å². The molecule has 2 aromatic heterocycles. The van der Waals surface area contributed by atoms with E-state index in [4.69, 9.17) is 4.52 Å². The average Bonchev–Trinajstić information content (AvgIpc) is 3.47. The third-order valence-electron chi connectivity index (χ3n) is 5.79. The minimum atomic E-state index is -1.07. The maximum Gasteiger partial charge on any atom is 0.415 e. The number of carboxylic acid groups (broad SMARTS) is 1. The minimum Gasteiger partial charge on any atom is -0.465 e. The van der Waals surface area contributed by atoms with Crippen LogP contribution < -0.4 is 4.90 Å². The summed E-state index contributed by atoms with van der Waals surface area (Å²) in [4.78, 5) is 18.0. The molecule has 0 radical (unpaired) electrons. The Morgan fingerprint density at radius 1 is 1.00 bits per heavy atom. The normalized spacial score (nSPS) is 14.2. The molecule has 2 heterocycles. The Hall–Kier alpha value is -3.93. The second-order valence-electron chi connectivity index (χ2n) is 7.83. The van der Waals surface area contributed by atoms with E-state index in [0.717, 1.165) is 35.1 Å². The molecule has 1 N–H and O–H groups in total. The van der Waals surface area contributed by atoms with Gasteiger partial charge in [0.1, 0.15) is 5.69 Å². The van der Waals surface area contributed by atoms with E-state index in [1.165, 1.54) is 4.90 Å². The molecule has 0 bridgehead atoms. The molecule has 1 amide bonds. The topological polar surface area (TPSA) is 79.5 Å². The monoisotopic (exact) mass is 411 g/mol. The minimum absolute atomic E-state index is 0.233. The van der Waals surface area contributed by atoms with Crippen LogP contribution in [0.25, 0.3) is 22.4 Å². The highest BCUT2D eigenvalue weighted by atomic mass is 16.5. The van der Waals surface area contributed by atoms with E-state index in [-0.39, 0.29) is 5.88 Å². The first-order valence-electron chi connectivity index (χ1n) is 10.2. The smallest absolute Gasteiger partial charge is 0.415 e. The summed E-state index contributed by atoms with van der Waals surface area (Å²) in [6.07, 6.45) is 3.74. The van der Waals surface area contributed by atoms with Gasteiger partial charge in [-0.05, 0) is 49.1 Å². The molecule has 0 spiro atoms. The van der Waals surface area contributed by atoms with E-state index in [1.54, 1.807) is 12.4 Å². The van der Waals surface area contributed by atoms with Crippen LogP contribution >= 0.6 is 0 Å². The lowest BCUT2D eigenvalue weighted by atomic mass is 9.98. The largest absolute Gasteiger partial charge is 0.465 e. The van der Waals surface area contributed by atoms with Crippen molar-refractivity contribution in [2.75, 3.05) is 4.90 Å². The van der Waals surface area contributed by atoms with Crippen molar-refractivity contribution < 1.29 is 14.4 Å². The third kappa shape index (κ3) is 3.26. The van der Waals surface area contributed by atoms with Gasteiger partial charge < -0.3 is 9.63 Å². The summed E-state index contributed by atoms with van der Waals surface area (Å²) in [5.74, 6) is 0.233. The first-order valence-corrected chi connectivity index (χ1v) is 10.2. The molecule has 154 valence electrons. The molecule has 5 rings (SSSR count). The Kier molecular flexibility index (Phi) is 4.55. The van der Waals surface area contributed by atoms with Gasteiger partial charge in [0.05, 0.1) is 11.1 Å². The van der Waals surface area contributed by atoms with E-state index in [1.807, 2.05) is 73.7 Å². The maximum absolute atomic E-state index is 12.6. The molecule has 1 aliphatic carbocycles. The highest BCUT2D eigenvalue weighted by Crippen LogP contribution is 2.55. The summed E-state index contributed by atoms with van der Waals surface area (Å²) in [5.41, 5.74) is 4.32. The zero-order valence-electron chi connectivity index (χ0n) is 17.0. The van der Waals surface area contributed by atoms with E-state index in [0.29, 0.717) is 11.3 Å². The van der Waals surface area contributed by atoms with Crippen molar-refractivity contribution >= 4 is 12.0 Å². The number of anilines is 1. The van der Waals surface area contributed by atoms with Gasteiger partial charge in [0.25, 0.3) is 0 Å². The van der Waals surface area contributed by atoms with Crippen LogP contribution in [-0.2, 0) is 5.54 Å². The van der Waals surface area contributed by atoms with Gasteiger partial charge in [-0.3, -0.25) is 4.98 Å². The number of aromatic nitrogens is 2. The number of hydrogen-bond donors (Lipinski definition) is 1. The SMILES string of the molecule is Cc1cccc(-c2noc(N(C(=O)O)C3(c4ccccc4)CC3)c2-c2ccncc2)c1. The van der Waals surface area contributed by atoms with Crippen molar-refractivity contribution in [1.82, 2.24) is 10.1 Å². The number of nitrogens with zero attached hydrogens (tertiary/aromatic N) is 3. The van der Waals surface area contributed by atoms with Gasteiger partial charge in [-0.25, -0.2) is 9.69 Å². The van der Waals surface area contributed by atoms with E-state index < -0.39 is 11.6 Å². The molecule has 0 saturated heterocycles. The molecule has 0 unspecified atom stereocenters. The lowest BCUT2D eigenvalue weighted by Crippen LogP contribution is -2.39. The summed E-state index contributed by atoms with van der Waals surface area (Å²) >= 11 is 0. The summed E-state index contributed by atoms with van der Waals surface area (Å²) < 4.78 is 5.79. The molecule has 0 atom stereocenters. The van der Waals surface area contributed by atoms with Gasteiger partial charge in [0.2, 0.25) is 5.88 Å². The summed E-state index contributed by atoms with van der Waals surface area (Å²) in [6, 6.07) is 21.3. The van der Waals surface area contributed by atoms with Gasteiger partial charge in [-0.15, -0.1) is 0 Å². The molecular weight excluding hydrogens is 390 g/mol. The number of rotatable bonds is 5. The highest BCUT2D eigenvalue weighted by molar-refractivity contribution is 5.97. The van der Waals surface area contributed by atoms with E-state index >= 15 is 0 Å². The van der Waals surface area contributed by atoms with Gasteiger partial charge in [0.15, 0.2) is 0 Å². The van der Waals surface area contributed by atoms with Crippen molar-refractivity contribution in [3.63, 3.8) is 0 Å². The lowest BCUT2D eigenvalue weighted by molar-refractivity contribution is 0.195. The lowest BCUT2D eigenvalue weighted by Gasteiger charge is -2.28. The van der Waals surface area contributed by atoms with Crippen LogP contribution in [0.3, 0.4) is 0 Å². The maximum atomic E-state index is 12.6. The van der Waals surface area contributed by atoms with Crippen LogP contribution in [0.2, 0.25) is 0 Å². The summed E-state index contributed by atoms with van der Waals surface area (Å²) in [7, 11) is 0. The fourth-order valence-corrected chi connectivity index (χ4v) is 4.17. The summed E-state index contributed by atoms with van der Waals surface area (Å²) in [5, 5.41) is 14.6. The summed E-state index contributed by atoms with van der Waals surface area (Å²) in [6.45, 7) is 2.01.